The number of halogens is 1. The molecule has 0 aliphatic rings. The number of sulfonamides is 1. The summed E-state index contributed by atoms with van der Waals surface area (Å²) < 4.78 is 30.1. The van der Waals surface area contributed by atoms with E-state index in [4.69, 9.17) is 5.11 Å². The number of aromatic carboxylic acids is 1. The number of nitrogens with one attached hydrogen (secondary N) is 1. The molecule has 100 valence electrons. The number of hydrogen-bond acceptors (Lipinski definition) is 6. The number of rotatable bonds is 4. The van der Waals surface area contributed by atoms with Gasteiger partial charge >= 0.3 is 5.97 Å². The second kappa shape index (κ2) is 5.23. The molecule has 2 rings (SSSR count). The molecule has 0 fully saturated rings. The van der Waals surface area contributed by atoms with Gasteiger partial charge in [-0.25, -0.2) is 18.2 Å². The standard InChI is InChI=1S/C9H6BrN3O4S2/c10-7-3-5(1-2-6(7)8(14)15)19(16,17)13-9-11-4-12-18-9/h1-4H,(H,14,15)(H,11,12,13). The predicted molar refractivity (Wildman–Crippen MR) is 71.8 cm³/mol. The van der Waals surface area contributed by atoms with Gasteiger partial charge in [-0.05, 0) is 34.1 Å². The minimum Gasteiger partial charge on any atom is -0.478 e. The lowest BCUT2D eigenvalue weighted by Gasteiger charge is -2.06. The molecule has 0 amide bonds. The molecule has 1 aromatic heterocycles. The fourth-order valence-electron chi connectivity index (χ4n) is 1.23. The Labute approximate surface area is 120 Å². The fraction of sp³-hybridized carbons (Fsp3) is 0. The molecule has 7 nitrogen and oxygen atoms in total. The fourth-order valence-corrected chi connectivity index (χ4v) is 3.62. The van der Waals surface area contributed by atoms with Crippen LogP contribution in [-0.4, -0.2) is 28.9 Å². The van der Waals surface area contributed by atoms with E-state index in [0.717, 1.165) is 11.5 Å². The largest absolute Gasteiger partial charge is 0.478 e. The zero-order valence-electron chi connectivity index (χ0n) is 9.07. The zero-order valence-corrected chi connectivity index (χ0v) is 12.3. The van der Waals surface area contributed by atoms with Crippen LogP contribution < -0.4 is 4.72 Å². The Bertz CT molecular complexity index is 715. The van der Waals surface area contributed by atoms with Gasteiger partial charge in [-0.2, -0.15) is 4.37 Å². The maximum Gasteiger partial charge on any atom is 0.336 e. The summed E-state index contributed by atoms with van der Waals surface area (Å²) in [6.07, 6.45) is 1.23. The first-order chi connectivity index (χ1) is 8.90. The lowest BCUT2D eigenvalue weighted by Crippen LogP contribution is -2.13. The predicted octanol–water partition coefficient (Wildman–Crippen LogP) is 1.80. The van der Waals surface area contributed by atoms with Crippen LogP contribution in [0.25, 0.3) is 0 Å². The van der Waals surface area contributed by atoms with Gasteiger partial charge in [-0.1, -0.05) is 0 Å². The van der Waals surface area contributed by atoms with Gasteiger partial charge in [0, 0.05) is 16.0 Å². The highest BCUT2D eigenvalue weighted by molar-refractivity contribution is 9.10. The molecule has 2 aromatic rings. The molecular weight excluding hydrogens is 358 g/mol. The Hall–Kier alpha value is -1.52. The molecule has 0 spiro atoms. The van der Waals surface area contributed by atoms with Gasteiger partial charge in [0.1, 0.15) is 6.33 Å². The van der Waals surface area contributed by atoms with Crippen LogP contribution in [0.2, 0.25) is 0 Å². The van der Waals surface area contributed by atoms with Crippen molar-refractivity contribution in [3.63, 3.8) is 0 Å². The molecule has 0 atom stereocenters. The second-order valence-electron chi connectivity index (χ2n) is 3.30. The van der Waals surface area contributed by atoms with E-state index in [9.17, 15) is 13.2 Å². The molecule has 1 aromatic carbocycles. The van der Waals surface area contributed by atoms with Gasteiger partial charge in [0.05, 0.1) is 10.5 Å². The summed E-state index contributed by atoms with van der Waals surface area (Å²) in [6.45, 7) is 0. The van der Waals surface area contributed by atoms with E-state index in [1.54, 1.807) is 0 Å². The minimum atomic E-state index is -3.81. The van der Waals surface area contributed by atoms with Crippen molar-refractivity contribution < 1.29 is 18.3 Å². The van der Waals surface area contributed by atoms with Gasteiger partial charge in [-0.15, -0.1) is 0 Å². The Morgan fingerprint density at radius 3 is 2.68 bits per heavy atom. The average molecular weight is 364 g/mol. The molecule has 0 radical (unpaired) electrons. The molecular formula is C9H6BrN3O4S2. The molecule has 0 saturated heterocycles. The first kappa shape index (κ1) is 13.9. The van der Waals surface area contributed by atoms with E-state index in [2.05, 4.69) is 30.0 Å². The van der Waals surface area contributed by atoms with Crippen LogP contribution in [0.5, 0.6) is 0 Å². The third-order valence-corrected chi connectivity index (χ3v) is 4.77. The summed E-state index contributed by atoms with van der Waals surface area (Å²) >= 11 is 3.92. The highest BCUT2D eigenvalue weighted by Crippen LogP contribution is 2.23. The van der Waals surface area contributed by atoms with Gasteiger partial charge in [0.25, 0.3) is 10.0 Å². The van der Waals surface area contributed by atoms with Crippen LogP contribution in [0.1, 0.15) is 10.4 Å². The van der Waals surface area contributed by atoms with Crippen molar-refractivity contribution in [1.29, 1.82) is 0 Å². The van der Waals surface area contributed by atoms with Crippen molar-refractivity contribution in [2.24, 2.45) is 0 Å². The summed E-state index contributed by atoms with van der Waals surface area (Å²) in [5.41, 5.74) is -0.0186. The van der Waals surface area contributed by atoms with Crippen LogP contribution in [0, 0.1) is 0 Å². The van der Waals surface area contributed by atoms with E-state index >= 15 is 0 Å². The molecule has 19 heavy (non-hydrogen) atoms. The smallest absolute Gasteiger partial charge is 0.336 e. The highest BCUT2D eigenvalue weighted by atomic mass is 79.9. The van der Waals surface area contributed by atoms with Crippen molar-refractivity contribution in [3.8, 4) is 0 Å². The summed E-state index contributed by atoms with van der Waals surface area (Å²) in [5, 5.41) is 8.99. The first-order valence-electron chi connectivity index (χ1n) is 4.72. The van der Waals surface area contributed by atoms with Gasteiger partial charge in [0.15, 0.2) is 0 Å². The number of benzene rings is 1. The van der Waals surface area contributed by atoms with Gasteiger partial charge in [0.2, 0.25) is 5.13 Å². The summed E-state index contributed by atoms with van der Waals surface area (Å²) in [7, 11) is -3.81. The van der Waals surface area contributed by atoms with E-state index in [1.165, 1.54) is 24.5 Å². The van der Waals surface area contributed by atoms with E-state index in [0.29, 0.717) is 0 Å². The van der Waals surface area contributed by atoms with E-state index in [1.807, 2.05) is 0 Å². The second-order valence-corrected chi connectivity index (χ2v) is 6.62. The quantitative estimate of drug-likeness (QED) is 0.856. The number of hydrogen-bond donors (Lipinski definition) is 2. The van der Waals surface area contributed by atoms with Crippen LogP contribution in [-0.2, 0) is 10.0 Å². The number of aromatic nitrogens is 2. The molecule has 10 heteroatoms. The van der Waals surface area contributed by atoms with Crippen LogP contribution in [0.15, 0.2) is 33.9 Å². The Kier molecular flexibility index (Phi) is 3.83. The Morgan fingerprint density at radius 1 is 1.42 bits per heavy atom. The molecule has 2 N–H and O–H groups in total. The average Bonchev–Trinajstić information content (AvgIpc) is 2.80. The maximum atomic E-state index is 12.0. The minimum absolute atomic E-state index is 0.0186. The Morgan fingerprint density at radius 2 is 2.16 bits per heavy atom. The molecule has 1 heterocycles. The van der Waals surface area contributed by atoms with Gasteiger partial charge < -0.3 is 5.11 Å². The number of carbonyl (C=O) groups is 1. The molecule has 0 unspecified atom stereocenters. The first-order valence-corrected chi connectivity index (χ1v) is 7.77. The van der Waals surface area contributed by atoms with Gasteiger partial charge in [-0.3, -0.25) is 4.72 Å². The van der Waals surface area contributed by atoms with Crippen LogP contribution >= 0.6 is 27.5 Å². The third-order valence-electron chi connectivity index (χ3n) is 2.06. The molecule has 0 saturated carbocycles. The number of carboxylic acid groups (broad SMARTS) is 1. The monoisotopic (exact) mass is 363 g/mol. The number of carboxylic acids is 1. The number of anilines is 1. The van der Waals surface area contributed by atoms with Crippen molar-refractivity contribution in [2.75, 3.05) is 4.72 Å². The highest BCUT2D eigenvalue weighted by Gasteiger charge is 2.18. The third kappa shape index (κ3) is 3.08. The number of nitrogens with zero attached hydrogens (tertiary/aromatic N) is 2. The Balaban J connectivity index is 2.36. The normalized spacial score (nSPS) is 11.2. The molecule has 0 aliphatic heterocycles. The summed E-state index contributed by atoms with van der Waals surface area (Å²) in [5.74, 6) is -1.15. The van der Waals surface area contributed by atoms with Crippen LogP contribution in [0.3, 0.4) is 0 Å². The summed E-state index contributed by atoms with van der Waals surface area (Å²) in [6, 6.07) is 3.63. The lowest BCUT2D eigenvalue weighted by molar-refractivity contribution is 0.0695. The maximum absolute atomic E-state index is 12.0. The molecule has 0 aliphatic carbocycles. The molecule has 0 bridgehead atoms. The zero-order chi connectivity index (χ0) is 14.0. The topological polar surface area (TPSA) is 109 Å². The lowest BCUT2D eigenvalue weighted by atomic mass is 10.2. The van der Waals surface area contributed by atoms with Crippen molar-refractivity contribution >= 4 is 48.6 Å². The van der Waals surface area contributed by atoms with Crippen molar-refractivity contribution in [2.45, 2.75) is 4.90 Å². The van der Waals surface area contributed by atoms with E-state index in [-0.39, 0.29) is 20.1 Å². The van der Waals surface area contributed by atoms with E-state index < -0.39 is 16.0 Å². The van der Waals surface area contributed by atoms with Crippen molar-refractivity contribution in [3.05, 3.63) is 34.6 Å². The summed E-state index contributed by atoms with van der Waals surface area (Å²) in [4.78, 5) is 14.5. The SMILES string of the molecule is O=C(O)c1ccc(S(=O)(=O)Nc2ncns2)cc1Br. The van der Waals surface area contributed by atoms with Crippen molar-refractivity contribution in [1.82, 2.24) is 9.36 Å². The van der Waals surface area contributed by atoms with Crippen LogP contribution in [0.4, 0.5) is 5.13 Å².